The fourth-order valence-electron chi connectivity index (χ4n) is 3.39. The van der Waals surface area contributed by atoms with Gasteiger partial charge >= 0.3 is 0 Å². The van der Waals surface area contributed by atoms with Crippen LogP contribution >= 0.6 is 0 Å². The number of aryl methyl sites for hydroxylation is 1. The molecule has 132 valence electrons. The van der Waals surface area contributed by atoms with Gasteiger partial charge in [0.05, 0.1) is 12.1 Å². The van der Waals surface area contributed by atoms with Crippen LogP contribution in [0, 0.1) is 6.92 Å². The van der Waals surface area contributed by atoms with Gasteiger partial charge in [-0.25, -0.2) is 0 Å². The van der Waals surface area contributed by atoms with Crippen molar-refractivity contribution in [3.05, 3.63) is 17.5 Å². The molecular weight excluding hydrogens is 308 g/mol. The van der Waals surface area contributed by atoms with E-state index in [4.69, 9.17) is 4.52 Å². The number of aromatic nitrogens is 1. The molecule has 0 bridgehead atoms. The van der Waals surface area contributed by atoms with Crippen molar-refractivity contribution in [3.8, 4) is 0 Å². The highest BCUT2D eigenvalue weighted by Gasteiger charge is 2.25. The second kappa shape index (κ2) is 7.79. The maximum absolute atomic E-state index is 12.3. The first-order valence-electron chi connectivity index (χ1n) is 8.82. The Labute approximate surface area is 142 Å². The minimum Gasteiger partial charge on any atom is -0.361 e. The normalized spacial score (nSPS) is 19.0. The van der Waals surface area contributed by atoms with E-state index in [-0.39, 0.29) is 18.2 Å². The van der Waals surface area contributed by atoms with Crippen molar-refractivity contribution in [3.63, 3.8) is 0 Å². The van der Waals surface area contributed by atoms with E-state index in [1.54, 1.807) is 6.07 Å². The number of amides is 2. The van der Waals surface area contributed by atoms with Crippen LogP contribution < -0.4 is 0 Å². The summed E-state index contributed by atoms with van der Waals surface area (Å²) in [7, 11) is 0. The van der Waals surface area contributed by atoms with Crippen LogP contribution in [0.3, 0.4) is 0 Å². The highest BCUT2D eigenvalue weighted by Crippen LogP contribution is 2.11. The molecule has 2 fully saturated rings. The molecule has 7 nitrogen and oxygen atoms in total. The highest BCUT2D eigenvalue weighted by molar-refractivity contribution is 5.79. The Morgan fingerprint density at radius 3 is 2.25 bits per heavy atom. The lowest BCUT2D eigenvalue weighted by Gasteiger charge is -2.35. The molecule has 0 spiro atoms. The molecule has 2 aliphatic rings. The number of likely N-dealkylation sites (tertiary alicyclic amines) is 1. The van der Waals surface area contributed by atoms with Gasteiger partial charge in [-0.1, -0.05) is 5.16 Å². The molecule has 3 rings (SSSR count). The van der Waals surface area contributed by atoms with Gasteiger partial charge in [0.15, 0.2) is 0 Å². The van der Waals surface area contributed by atoms with E-state index in [1.807, 2.05) is 16.7 Å². The number of hydrogen-bond acceptors (Lipinski definition) is 5. The maximum atomic E-state index is 12.3. The Kier molecular flexibility index (Phi) is 5.50. The van der Waals surface area contributed by atoms with Crippen LogP contribution in [-0.2, 0) is 16.0 Å². The first-order valence-corrected chi connectivity index (χ1v) is 8.82. The molecule has 0 aromatic carbocycles. The molecule has 0 atom stereocenters. The van der Waals surface area contributed by atoms with Gasteiger partial charge in [0, 0.05) is 45.2 Å². The van der Waals surface area contributed by atoms with Crippen molar-refractivity contribution >= 4 is 11.8 Å². The summed E-state index contributed by atoms with van der Waals surface area (Å²) in [4.78, 5) is 30.6. The third kappa shape index (κ3) is 4.35. The molecule has 2 aliphatic heterocycles. The average Bonchev–Trinajstić information content (AvgIpc) is 3.24. The quantitative estimate of drug-likeness (QED) is 0.792. The lowest BCUT2D eigenvalue weighted by atomic mass is 10.2. The first-order chi connectivity index (χ1) is 11.6. The van der Waals surface area contributed by atoms with Crippen LogP contribution in [0.1, 0.15) is 30.7 Å². The zero-order valence-electron chi connectivity index (χ0n) is 14.4. The summed E-state index contributed by atoms with van der Waals surface area (Å²) in [5.74, 6) is 0.972. The number of carbonyl (C=O) groups is 2. The molecule has 0 aliphatic carbocycles. The molecule has 7 heteroatoms. The van der Waals surface area contributed by atoms with Crippen molar-refractivity contribution < 1.29 is 14.1 Å². The third-order valence-electron chi connectivity index (χ3n) is 4.83. The minimum absolute atomic E-state index is 0.0486. The van der Waals surface area contributed by atoms with Gasteiger partial charge in [0.2, 0.25) is 11.8 Å². The summed E-state index contributed by atoms with van der Waals surface area (Å²) >= 11 is 0. The fourth-order valence-corrected chi connectivity index (χ4v) is 3.39. The van der Waals surface area contributed by atoms with Gasteiger partial charge < -0.3 is 19.2 Å². The average molecular weight is 334 g/mol. The Balaban J connectivity index is 1.39. The summed E-state index contributed by atoms with van der Waals surface area (Å²) < 4.78 is 4.99. The van der Waals surface area contributed by atoms with Crippen molar-refractivity contribution in [2.24, 2.45) is 0 Å². The van der Waals surface area contributed by atoms with Gasteiger partial charge in [0.25, 0.3) is 0 Å². The highest BCUT2D eigenvalue weighted by atomic mass is 16.5. The Bertz CT molecular complexity index is 572. The minimum atomic E-state index is 0.0486. The first kappa shape index (κ1) is 17.0. The van der Waals surface area contributed by atoms with Crippen LogP contribution in [0.25, 0.3) is 0 Å². The summed E-state index contributed by atoms with van der Waals surface area (Å²) in [6.45, 7) is 7.38. The van der Waals surface area contributed by atoms with E-state index >= 15 is 0 Å². The lowest BCUT2D eigenvalue weighted by molar-refractivity contribution is -0.139. The van der Waals surface area contributed by atoms with Crippen molar-refractivity contribution in [1.82, 2.24) is 19.9 Å². The number of piperazine rings is 1. The van der Waals surface area contributed by atoms with E-state index in [1.165, 1.54) is 12.8 Å². The van der Waals surface area contributed by atoms with Crippen LogP contribution in [0.15, 0.2) is 10.6 Å². The Hall–Kier alpha value is -1.89. The summed E-state index contributed by atoms with van der Waals surface area (Å²) in [5.41, 5.74) is 0.668. The molecule has 3 heterocycles. The van der Waals surface area contributed by atoms with Gasteiger partial charge in [0.1, 0.15) is 5.76 Å². The largest absolute Gasteiger partial charge is 0.361 e. The monoisotopic (exact) mass is 334 g/mol. The Morgan fingerprint density at radius 1 is 1.04 bits per heavy atom. The Morgan fingerprint density at radius 2 is 1.67 bits per heavy atom. The van der Waals surface area contributed by atoms with E-state index in [0.717, 1.165) is 19.6 Å². The molecule has 1 aromatic heterocycles. The standard InChI is InChI=1S/C17H26N4O3/c1-14-12-15(18-24-14)13-17(23)21-10-8-20(9-11-21)16(22)4-7-19-5-2-3-6-19/h12H,2-11,13H2,1H3. The van der Waals surface area contributed by atoms with Crippen LogP contribution in [-0.4, -0.2) is 77.5 Å². The van der Waals surface area contributed by atoms with Crippen LogP contribution in [0.4, 0.5) is 0 Å². The molecule has 24 heavy (non-hydrogen) atoms. The molecule has 0 unspecified atom stereocenters. The van der Waals surface area contributed by atoms with E-state index < -0.39 is 0 Å². The van der Waals surface area contributed by atoms with Gasteiger partial charge in [-0.05, 0) is 32.9 Å². The molecular formula is C17H26N4O3. The molecule has 0 radical (unpaired) electrons. The van der Waals surface area contributed by atoms with Crippen LogP contribution in [0.2, 0.25) is 0 Å². The summed E-state index contributed by atoms with van der Waals surface area (Å²) in [5, 5.41) is 3.86. The third-order valence-corrected chi connectivity index (χ3v) is 4.83. The smallest absolute Gasteiger partial charge is 0.228 e. The van der Waals surface area contributed by atoms with Crippen molar-refractivity contribution in [2.45, 2.75) is 32.6 Å². The van der Waals surface area contributed by atoms with E-state index in [9.17, 15) is 9.59 Å². The SMILES string of the molecule is Cc1cc(CC(=O)N2CCN(C(=O)CCN3CCCC3)CC2)no1. The molecule has 0 saturated carbocycles. The molecule has 2 saturated heterocycles. The summed E-state index contributed by atoms with van der Waals surface area (Å²) in [6, 6.07) is 1.79. The second-order valence-electron chi connectivity index (χ2n) is 6.67. The van der Waals surface area contributed by atoms with E-state index in [2.05, 4.69) is 10.1 Å². The fraction of sp³-hybridized carbons (Fsp3) is 0.706. The zero-order valence-corrected chi connectivity index (χ0v) is 14.4. The number of nitrogens with zero attached hydrogens (tertiary/aromatic N) is 4. The topological polar surface area (TPSA) is 69.9 Å². The van der Waals surface area contributed by atoms with Gasteiger partial charge in [-0.15, -0.1) is 0 Å². The lowest BCUT2D eigenvalue weighted by Crippen LogP contribution is -2.51. The molecule has 1 aromatic rings. The molecule has 2 amide bonds. The number of hydrogen-bond donors (Lipinski definition) is 0. The second-order valence-corrected chi connectivity index (χ2v) is 6.67. The predicted octanol–water partition coefficient (Wildman–Crippen LogP) is 0.682. The number of rotatable bonds is 5. The number of carbonyl (C=O) groups excluding carboxylic acids is 2. The van der Waals surface area contributed by atoms with Gasteiger partial charge in [-0.2, -0.15) is 0 Å². The maximum Gasteiger partial charge on any atom is 0.228 e. The predicted molar refractivity (Wildman–Crippen MR) is 88.4 cm³/mol. The van der Waals surface area contributed by atoms with Crippen LogP contribution in [0.5, 0.6) is 0 Å². The van der Waals surface area contributed by atoms with Crippen molar-refractivity contribution in [1.29, 1.82) is 0 Å². The van der Waals surface area contributed by atoms with E-state index in [0.29, 0.717) is 44.1 Å². The van der Waals surface area contributed by atoms with Gasteiger partial charge in [-0.3, -0.25) is 9.59 Å². The molecule has 0 N–H and O–H groups in total. The summed E-state index contributed by atoms with van der Waals surface area (Å²) in [6.07, 6.45) is 3.35. The zero-order chi connectivity index (χ0) is 16.9. The van der Waals surface area contributed by atoms with Crippen molar-refractivity contribution in [2.75, 3.05) is 45.8 Å².